The van der Waals surface area contributed by atoms with E-state index in [2.05, 4.69) is 46.3 Å². The first-order chi connectivity index (χ1) is 14.7. The molecule has 1 unspecified atom stereocenters. The summed E-state index contributed by atoms with van der Waals surface area (Å²) in [6, 6.07) is 16.5. The molecular weight excluding hydrogens is 378 g/mol. The molecule has 0 aliphatic carbocycles. The third-order valence-corrected chi connectivity index (χ3v) is 5.84. The van der Waals surface area contributed by atoms with Crippen molar-refractivity contribution < 1.29 is 14.3 Å². The first kappa shape index (κ1) is 20.7. The van der Waals surface area contributed by atoms with Crippen LogP contribution in [0.1, 0.15) is 24.8 Å². The average molecular weight is 410 g/mol. The lowest BCUT2D eigenvalue weighted by atomic mass is 9.97. The van der Waals surface area contributed by atoms with Crippen LogP contribution < -0.4 is 15.1 Å². The maximum Gasteiger partial charge on any atom is 0.225 e. The highest BCUT2D eigenvalue weighted by atomic mass is 16.5. The molecule has 2 heterocycles. The van der Waals surface area contributed by atoms with Crippen molar-refractivity contribution in [2.75, 3.05) is 67.7 Å². The molecule has 4 rings (SSSR count). The molecule has 2 saturated heterocycles. The van der Waals surface area contributed by atoms with Crippen molar-refractivity contribution in [3.8, 4) is 0 Å². The van der Waals surface area contributed by atoms with Gasteiger partial charge in [0.2, 0.25) is 5.91 Å². The van der Waals surface area contributed by atoms with Crippen LogP contribution in [0, 0.1) is 0 Å². The van der Waals surface area contributed by atoms with Crippen LogP contribution >= 0.6 is 0 Å². The van der Waals surface area contributed by atoms with E-state index in [1.807, 2.05) is 24.3 Å². The highest BCUT2D eigenvalue weighted by molar-refractivity contribution is 5.95. The number of hydrogen-bond donors (Lipinski definition) is 1. The number of benzene rings is 2. The predicted molar refractivity (Wildman–Crippen MR) is 121 cm³/mol. The Balaban J connectivity index is 1.51. The standard InChI is InChI=1S/C24H31N3O3/c1-19(20-5-3-2-4-6-20)17-24(28)25-22-8-7-21(26-9-13-29-14-10-26)18-23(22)27-11-15-30-16-12-27/h2-8,18-19H,9-17H2,1H3,(H,25,28). The zero-order valence-electron chi connectivity index (χ0n) is 17.7. The Morgan fingerprint density at radius 1 is 0.933 bits per heavy atom. The normalized spacial score (nSPS) is 18.2. The summed E-state index contributed by atoms with van der Waals surface area (Å²) in [7, 11) is 0. The van der Waals surface area contributed by atoms with E-state index in [-0.39, 0.29) is 11.8 Å². The molecule has 1 N–H and O–H groups in total. The Bertz CT molecular complexity index is 831. The molecule has 30 heavy (non-hydrogen) atoms. The Morgan fingerprint density at radius 2 is 1.57 bits per heavy atom. The average Bonchev–Trinajstić information content (AvgIpc) is 2.81. The summed E-state index contributed by atoms with van der Waals surface area (Å²) < 4.78 is 11.0. The Labute approximate surface area is 178 Å². The minimum Gasteiger partial charge on any atom is -0.378 e. The van der Waals surface area contributed by atoms with E-state index in [0.717, 1.165) is 50.8 Å². The van der Waals surface area contributed by atoms with Crippen molar-refractivity contribution in [1.29, 1.82) is 0 Å². The number of hydrogen-bond acceptors (Lipinski definition) is 5. The lowest BCUT2D eigenvalue weighted by molar-refractivity contribution is -0.116. The second-order valence-electron chi connectivity index (χ2n) is 7.96. The molecule has 2 aromatic carbocycles. The molecule has 1 amide bonds. The summed E-state index contributed by atoms with van der Waals surface area (Å²) in [4.78, 5) is 17.5. The van der Waals surface area contributed by atoms with Crippen molar-refractivity contribution in [2.45, 2.75) is 19.3 Å². The monoisotopic (exact) mass is 409 g/mol. The second-order valence-corrected chi connectivity index (χ2v) is 7.96. The van der Waals surface area contributed by atoms with E-state index in [0.29, 0.717) is 19.6 Å². The molecular formula is C24H31N3O3. The Kier molecular flexibility index (Phi) is 6.87. The molecule has 6 nitrogen and oxygen atoms in total. The summed E-state index contributed by atoms with van der Waals surface area (Å²) >= 11 is 0. The quantitative estimate of drug-likeness (QED) is 0.792. The summed E-state index contributed by atoms with van der Waals surface area (Å²) in [6.07, 6.45) is 0.456. The van der Waals surface area contributed by atoms with Gasteiger partial charge in [-0.15, -0.1) is 0 Å². The van der Waals surface area contributed by atoms with Crippen molar-refractivity contribution in [2.24, 2.45) is 0 Å². The number of morpholine rings is 2. The van der Waals surface area contributed by atoms with Gasteiger partial charge in [0, 0.05) is 38.3 Å². The summed E-state index contributed by atoms with van der Waals surface area (Å²) in [5.74, 6) is 0.214. The van der Waals surface area contributed by atoms with Gasteiger partial charge in [-0.1, -0.05) is 37.3 Å². The Hall–Kier alpha value is -2.57. The zero-order chi connectivity index (χ0) is 20.8. The maximum absolute atomic E-state index is 12.8. The number of nitrogens with one attached hydrogen (secondary N) is 1. The largest absolute Gasteiger partial charge is 0.378 e. The topological polar surface area (TPSA) is 54.0 Å². The number of carbonyl (C=O) groups excluding carboxylic acids is 1. The van der Waals surface area contributed by atoms with Gasteiger partial charge in [-0.25, -0.2) is 0 Å². The number of ether oxygens (including phenoxy) is 2. The van der Waals surface area contributed by atoms with Crippen molar-refractivity contribution >= 4 is 23.0 Å². The van der Waals surface area contributed by atoms with Crippen LogP contribution in [0.3, 0.4) is 0 Å². The molecule has 1 atom stereocenters. The van der Waals surface area contributed by atoms with Gasteiger partial charge in [0.05, 0.1) is 37.8 Å². The molecule has 6 heteroatoms. The Morgan fingerprint density at radius 3 is 2.23 bits per heavy atom. The van der Waals surface area contributed by atoms with E-state index < -0.39 is 0 Å². The number of amides is 1. The van der Waals surface area contributed by atoms with Crippen LogP contribution in [-0.4, -0.2) is 58.5 Å². The molecule has 2 aliphatic rings. The molecule has 0 spiro atoms. The third-order valence-electron chi connectivity index (χ3n) is 5.84. The first-order valence-electron chi connectivity index (χ1n) is 10.8. The molecule has 0 aromatic heterocycles. The number of anilines is 3. The molecule has 0 bridgehead atoms. The summed E-state index contributed by atoms with van der Waals surface area (Å²) in [6.45, 7) is 8.46. The molecule has 160 valence electrons. The smallest absolute Gasteiger partial charge is 0.225 e. The minimum atomic E-state index is 0.0417. The van der Waals surface area contributed by atoms with Crippen LogP contribution in [0.5, 0.6) is 0 Å². The molecule has 0 saturated carbocycles. The van der Waals surface area contributed by atoms with Crippen LogP contribution in [0.15, 0.2) is 48.5 Å². The van der Waals surface area contributed by atoms with Gasteiger partial charge in [-0.05, 0) is 29.7 Å². The van der Waals surface area contributed by atoms with E-state index in [1.54, 1.807) is 0 Å². The molecule has 2 aliphatic heterocycles. The highest BCUT2D eigenvalue weighted by Gasteiger charge is 2.20. The number of nitrogens with zero attached hydrogens (tertiary/aromatic N) is 2. The van der Waals surface area contributed by atoms with E-state index in [9.17, 15) is 4.79 Å². The van der Waals surface area contributed by atoms with Gasteiger partial charge >= 0.3 is 0 Å². The van der Waals surface area contributed by atoms with Crippen LogP contribution in [0.25, 0.3) is 0 Å². The van der Waals surface area contributed by atoms with Gasteiger partial charge in [-0.3, -0.25) is 4.79 Å². The molecule has 2 aromatic rings. The highest BCUT2D eigenvalue weighted by Crippen LogP contribution is 2.32. The van der Waals surface area contributed by atoms with Crippen LogP contribution in [-0.2, 0) is 14.3 Å². The molecule has 0 radical (unpaired) electrons. The van der Waals surface area contributed by atoms with Crippen molar-refractivity contribution in [1.82, 2.24) is 0 Å². The van der Waals surface area contributed by atoms with Crippen molar-refractivity contribution in [3.63, 3.8) is 0 Å². The van der Waals surface area contributed by atoms with Gasteiger partial charge in [0.1, 0.15) is 0 Å². The third kappa shape index (κ3) is 5.12. The predicted octanol–water partition coefficient (Wildman–Crippen LogP) is 3.49. The summed E-state index contributed by atoms with van der Waals surface area (Å²) in [5.41, 5.74) is 4.31. The maximum atomic E-state index is 12.8. The fourth-order valence-electron chi connectivity index (χ4n) is 4.09. The fraction of sp³-hybridized carbons (Fsp3) is 0.458. The van der Waals surface area contributed by atoms with Gasteiger partial charge in [0.25, 0.3) is 0 Å². The SMILES string of the molecule is CC(CC(=O)Nc1ccc(N2CCOCC2)cc1N1CCOCC1)c1ccccc1. The fourth-order valence-corrected chi connectivity index (χ4v) is 4.09. The van der Waals surface area contributed by atoms with Gasteiger partial charge in [-0.2, -0.15) is 0 Å². The lowest BCUT2D eigenvalue weighted by Crippen LogP contribution is -2.38. The van der Waals surface area contributed by atoms with Crippen LogP contribution in [0.2, 0.25) is 0 Å². The van der Waals surface area contributed by atoms with E-state index in [1.165, 1.54) is 11.3 Å². The van der Waals surface area contributed by atoms with E-state index >= 15 is 0 Å². The number of rotatable bonds is 6. The van der Waals surface area contributed by atoms with Gasteiger partial charge < -0.3 is 24.6 Å². The van der Waals surface area contributed by atoms with Gasteiger partial charge in [0.15, 0.2) is 0 Å². The first-order valence-corrected chi connectivity index (χ1v) is 10.8. The summed E-state index contributed by atoms with van der Waals surface area (Å²) in [5, 5.41) is 3.17. The van der Waals surface area contributed by atoms with Crippen molar-refractivity contribution in [3.05, 3.63) is 54.1 Å². The number of carbonyl (C=O) groups is 1. The zero-order valence-corrected chi connectivity index (χ0v) is 17.7. The molecule has 2 fully saturated rings. The lowest BCUT2D eigenvalue weighted by Gasteiger charge is -2.33. The second kappa shape index (κ2) is 9.96. The van der Waals surface area contributed by atoms with E-state index in [4.69, 9.17) is 9.47 Å². The van der Waals surface area contributed by atoms with Crippen LogP contribution in [0.4, 0.5) is 17.1 Å². The minimum absolute atomic E-state index is 0.0417.